The number of primary amides is 1. The van der Waals surface area contributed by atoms with Crippen LogP contribution < -0.4 is 10.6 Å². The van der Waals surface area contributed by atoms with Crippen molar-refractivity contribution in [1.82, 2.24) is 0 Å². The number of nitrogens with zero attached hydrogens (tertiary/aromatic N) is 1. The van der Waals surface area contributed by atoms with Gasteiger partial charge in [0.2, 0.25) is 5.78 Å². The first-order chi connectivity index (χ1) is 17.4. The lowest BCUT2D eigenvalue weighted by Gasteiger charge is -2.46. The average Bonchev–Trinajstić information content (AvgIpc) is 2.82. The van der Waals surface area contributed by atoms with E-state index >= 15 is 0 Å². The van der Waals surface area contributed by atoms with Crippen LogP contribution in [0.5, 0.6) is 5.75 Å². The van der Waals surface area contributed by atoms with E-state index in [0.29, 0.717) is 16.8 Å². The van der Waals surface area contributed by atoms with Crippen molar-refractivity contribution in [3.05, 3.63) is 64.2 Å². The fraction of sp³-hybridized carbons (Fsp3) is 0.296. The van der Waals surface area contributed by atoms with Crippen LogP contribution in [0, 0.1) is 17.7 Å². The van der Waals surface area contributed by atoms with Crippen LogP contribution in [0.2, 0.25) is 0 Å². The highest BCUT2D eigenvalue weighted by molar-refractivity contribution is 6.22. The Morgan fingerprint density at radius 2 is 1.76 bits per heavy atom. The van der Waals surface area contributed by atoms with Crippen molar-refractivity contribution >= 4 is 28.9 Å². The highest BCUT2D eigenvalue weighted by Crippen LogP contribution is 2.54. The predicted octanol–water partition coefficient (Wildman–Crippen LogP) is 2.30. The van der Waals surface area contributed by atoms with Crippen LogP contribution in [0.15, 0.2) is 47.2 Å². The summed E-state index contributed by atoms with van der Waals surface area (Å²) < 4.78 is 13.5. The van der Waals surface area contributed by atoms with Gasteiger partial charge in [-0.25, -0.2) is 4.39 Å². The Morgan fingerprint density at radius 1 is 1.11 bits per heavy atom. The van der Waals surface area contributed by atoms with Crippen molar-refractivity contribution < 1.29 is 39.2 Å². The molecule has 0 unspecified atom stereocenters. The number of Topliss-reactive ketones (excluding diaryl/α,β-unsaturated/α-hetero) is 2. The van der Waals surface area contributed by atoms with Crippen molar-refractivity contribution in [2.75, 3.05) is 19.0 Å². The van der Waals surface area contributed by atoms with Crippen molar-refractivity contribution in [2.45, 2.75) is 24.9 Å². The highest BCUT2D eigenvalue weighted by atomic mass is 19.1. The molecule has 1 saturated carbocycles. The lowest BCUT2D eigenvalue weighted by atomic mass is 9.59. The van der Waals surface area contributed by atoms with Gasteiger partial charge in [-0.3, -0.25) is 14.4 Å². The first-order valence-electron chi connectivity index (χ1n) is 11.7. The van der Waals surface area contributed by atoms with Crippen LogP contribution in [0.1, 0.15) is 24.0 Å². The summed E-state index contributed by atoms with van der Waals surface area (Å²) >= 11 is 0. The van der Waals surface area contributed by atoms with Crippen LogP contribution in [0.25, 0.3) is 16.9 Å². The van der Waals surface area contributed by atoms with Gasteiger partial charge in [0.05, 0.1) is 5.56 Å². The minimum absolute atomic E-state index is 0.0161. The topological polar surface area (TPSA) is 161 Å². The number of rotatable bonds is 3. The Balaban J connectivity index is 1.75. The lowest BCUT2D eigenvalue weighted by molar-refractivity contribution is -0.147. The van der Waals surface area contributed by atoms with Crippen LogP contribution in [-0.4, -0.2) is 57.6 Å². The third-order valence-corrected chi connectivity index (χ3v) is 7.68. The van der Waals surface area contributed by atoms with Gasteiger partial charge in [-0.05, 0) is 48.1 Å². The molecule has 0 heterocycles. The molecule has 0 aliphatic heterocycles. The van der Waals surface area contributed by atoms with E-state index in [-0.39, 0.29) is 41.7 Å². The Morgan fingerprint density at radius 3 is 2.35 bits per heavy atom. The third-order valence-electron chi connectivity index (χ3n) is 7.68. The van der Waals surface area contributed by atoms with Gasteiger partial charge in [0.15, 0.2) is 11.4 Å². The second-order valence-electron chi connectivity index (χ2n) is 9.95. The number of anilines is 1. The molecule has 1 fully saturated rings. The minimum atomic E-state index is -2.62. The number of benzene rings is 2. The summed E-state index contributed by atoms with van der Waals surface area (Å²) in [6.45, 7) is 0. The maximum atomic E-state index is 13.7. The highest BCUT2D eigenvalue weighted by Gasteiger charge is 2.60. The zero-order valence-corrected chi connectivity index (χ0v) is 20.1. The second kappa shape index (κ2) is 8.17. The molecule has 2 aromatic rings. The van der Waals surface area contributed by atoms with Crippen LogP contribution in [0.4, 0.5) is 10.1 Å². The molecule has 2 aromatic carbocycles. The number of carbonyl (C=O) groups excluding carboxylic acids is 3. The first kappa shape index (κ1) is 24.5. The summed E-state index contributed by atoms with van der Waals surface area (Å²) in [4.78, 5) is 39.7. The summed E-state index contributed by atoms with van der Waals surface area (Å²) in [6.07, 6.45) is -0.132. The van der Waals surface area contributed by atoms with Gasteiger partial charge in [0.1, 0.15) is 28.7 Å². The smallest absolute Gasteiger partial charge is 0.255 e. The molecule has 9 nitrogen and oxygen atoms in total. The Kier molecular flexibility index (Phi) is 5.41. The molecule has 0 spiro atoms. The van der Waals surface area contributed by atoms with Crippen molar-refractivity contribution in [2.24, 2.45) is 17.6 Å². The zero-order chi connectivity index (χ0) is 27.0. The van der Waals surface area contributed by atoms with E-state index in [1.165, 1.54) is 24.3 Å². The number of phenols is 1. The van der Waals surface area contributed by atoms with E-state index in [2.05, 4.69) is 0 Å². The maximum Gasteiger partial charge on any atom is 0.255 e. The van der Waals surface area contributed by atoms with E-state index in [0.717, 1.165) is 0 Å². The Hall–Kier alpha value is -4.18. The molecule has 3 aliphatic carbocycles. The number of ketones is 2. The Bertz CT molecular complexity index is 1460. The summed E-state index contributed by atoms with van der Waals surface area (Å²) in [5, 5.41) is 44.7. The molecule has 6 N–H and O–H groups in total. The van der Waals surface area contributed by atoms with Gasteiger partial charge in [-0.15, -0.1) is 0 Å². The van der Waals surface area contributed by atoms with E-state index in [1.54, 1.807) is 25.1 Å². The normalized spacial score (nSPS) is 25.0. The number of amides is 1. The van der Waals surface area contributed by atoms with E-state index < -0.39 is 57.8 Å². The third kappa shape index (κ3) is 3.36. The monoisotopic (exact) mass is 508 g/mol. The molecule has 10 heteroatoms. The number of carbonyl (C=O) groups is 3. The SMILES string of the molecule is CN(C)c1cc(-c2ccc(F)cc2)c(O)c2c1C[C@H]1C[C@H]3CC(=O)C(C(N)=O)=C(O)[C@@]3(O)C(=O)C1=C2O. The molecule has 3 atom stereocenters. The minimum Gasteiger partial charge on any atom is -0.508 e. The van der Waals surface area contributed by atoms with Gasteiger partial charge < -0.3 is 31.1 Å². The molecular weight excluding hydrogens is 483 g/mol. The standard InChI is InChI=1S/C27H25FN2O7/c1-30(2)17-10-15(11-3-5-14(28)6-4-11)22(32)20-16(17)8-12-7-13-9-18(31)21(26(29)36)25(35)27(13,37)24(34)19(12)23(20)33/h3-6,10,12-13,32-33,35,37H,7-9H2,1-2H3,(H2,29,36)/t12-,13+,27+/m1/s1. The predicted molar refractivity (Wildman–Crippen MR) is 131 cm³/mol. The van der Waals surface area contributed by atoms with Gasteiger partial charge >= 0.3 is 0 Å². The fourth-order valence-corrected chi connectivity index (χ4v) is 5.92. The number of aliphatic hydroxyl groups excluding tert-OH is 2. The van der Waals surface area contributed by atoms with Crippen LogP contribution >= 0.6 is 0 Å². The van der Waals surface area contributed by atoms with Crippen LogP contribution in [-0.2, 0) is 20.8 Å². The number of halogens is 1. The lowest BCUT2D eigenvalue weighted by Crippen LogP contribution is -2.58. The van der Waals surface area contributed by atoms with Gasteiger partial charge in [0, 0.05) is 43.3 Å². The van der Waals surface area contributed by atoms with Crippen LogP contribution in [0.3, 0.4) is 0 Å². The molecule has 0 saturated heterocycles. The van der Waals surface area contributed by atoms with Crippen molar-refractivity contribution in [1.29, 1.82) is 0 Å². The average molecular weight is 509 g/mol. The number of aliphatic hydroxyl groups is 3. The van der Waals surface area contributed by atoms with Gasteiger partial charge in [-0.2, -0.15) is 0 Å². The summed E-state index contributed by atoms with van der Waals surface area (Å²) in [5.74, 6) is -7.25. The second-order valence-corrected chi connectivity index (χ2v) is 9.95. The number of aromatic hydroxyl groups is 1. The summed E-state index contributed by atoms with van der Waals surface area (Å²) in [6, 6.07) is 7.11. The largest absolute Gasteiger partial charge is 0.508 e. The fourth-order valence-electron chi connectivity index (χ4n) is 5.92. The van der Waals surface area contributed by atoms with Gasteiger partial charge in [0.25, 0.3) is 5.91 Å². The maximum absolute atomic E-state index is 13.7. The molecule has 192 valence electrons. The number of fused-ring (bicyclic) bond motifs is 3. The number of nitrogens with two attached hydrogens (primary N) is 1. The first-order valence-corrected chi connectivity index (χ1v) is 11.7. The molecular formula is C27H25FN2O7. The molecule has 0 radical (unpaired) electrons. The quantitative estimate of drug-likeness (QED) is 0.395. The molecule has 0 aromatic heterocycles. The van der Waals surface area contributed by atoms with Gasteiger partial charge in [-0.1, -0.05) is 12.1 Å². The van der Waals surface area contributed by atoms with E-state index in [9.17, 15) is 39.2 Å². The Labute approximate surface area is 210 Å². The molecule has 1 amide bonds. The van der Waals surface area contributed by atoms with E-state index in [1.807, 2.05) is 0 Å². The number of hydrogen-bond acceptors (Lipinski definition) is 8. The summed E-state index contributed by atoms with van der Waals surface area (Å²) in [7, 11) is 3.55. The van der Waals surface area contributed by atoms with Crippen molar-refractivity contribution in [3.8, 4) is 16.9 Å². The zero-order valence-electron chi connectivity index (χ0n) is 20.1. The molecule has 5 rings (SSSR count). The molecule has 3 aliphatic rings. The van der Waals surface area contributed by atoms with Crippen molar-refractivity contribution in [3.63, 3.8) is 0 Å². The summed E-state index contributed by atoms with van der Waals surface area (Å²) in [5.41, 5.74) is 3.48. The number of hydrogen-bond donors (Lipinski definition) is 5. The van der Waals surface area contributed by atoms with E-state index in [4.69, 9.17) is 5.73 Å². The number of phenolic OH excluding ortho intramolecular Hbond substituents is 1. The molecule has 37 heavy (non-hydrogen) atoms. The molecule has 0 bridgehead atoms.